The largest absolute Gasteiger partial charge is 0.466 e. The van der Waals surface area contributed by atoms with Crippen LogP contribution in [0.25, 0.3) is 0 Å². The topological polar surface area (TPSA) is 111 Å². The summed E-state index contributed by atoms with van der Waals surface area (Å²) in [6, 6.07) is 8.24. The van der Waals surface area contributed by atoms with E-state index in [9.17, 15) is 19.2 Å². The molecule has 8 heteroatoms. The molecule has 2 amide bonds. The van der Waals surface area contributed by atoms with Gasteiger partial charge in [0.25, 0.3) is 0 Å². The summed E-state index contributed by atoms with van der Waals surface area (Å²) in [4.78, 5) is 51.7. The van der Waals surface area contributed by atoms with E-state index >= 15 is 0 Å². The van der Waals surface area contributed by atoms with Crippen molar-refractivity contribution in [3.63, 3.8) is 0 Å². The van der Waals surface area contributed by atoms with Gasteiger partial charge in [-0.1, -0.05) is 50.6 Å². The summed E-state index contributed by atoms with van der Waals surface area (Å²) in [6.45, 7) is 7.52. The number of benzene rings is 1. The van der Waals surface area contributed by atoms with Crippen LogP contribution in [0.3, 0.4) is 0 Å². The normalized spacial score (nSPS) is 23.8. The van der Waals surface area contributed by atoms with Gasteiger partial charge >= 0.3 is 11.9 Å². The van der Waals surface area contributed by atoms with Crippen LogP contribution in [0.5, 0.6) is 0 Å². The lowest BCUT2D eigenvalue weighted by Gasteiger charge is -2.38. The molecule has 37 heavy (non-hydrogen) atoms. The van der Waals surface area contributed by atoms with E-state index in [1.165, 1.54) is 0 Å². The van der Waals surface area contributed by atoms with Crippen LogP contribution in [0.15, 0.2) is 30.3 Å². The Morgan fingerprint density at radius 2 is 1.70 bits per heavy atom. The molecule has 2 aliphatic rings. The summed E-state index contributed by atoms with van der Waals surface area (Å²) in [5.41, 5.74) is 0.583. The third kappa shape index (κ3) is 7.11. The zero-order chi connectivity index (χ0) is 27.0. The zero-order valence-electron chi connectivity index (χ0n) is 22.6. The van der Waals surface area contributed by atoms with Gasteiger partial charge in [0.15, 0.2) is 0 Å². The first-order valence-electron chi connectivity index (χ1n) is 13.7. The Kier molecular flexibility index (Phi) is 10.1. The van der Waals surface area contributed by atoms with E-state index in [1.807, 2.05) is 32.0 Å². The second-order valence-corrected chi connectivity index (χ2v) is 10.8. The highest BCUT2D eigenvalue weighted by molar-refractivity contribution is 5.93. The van der Waals surface area contributed by atoms with Crippen LogP contribution in [0.2, 0.25) is 0 Å². The first-order chi connectivity index (χ1) is 17.7. The Morgan fingerprint density at radius 1 is 1.00 bits per heavy atom. The van der Waals surface area contributed by atoms with Gasteiger partial charge in [0.2, 0.25) is 11.8 Å². The van der Waals surface area contributed by atoms with E-state index in [4.69, 9.17) is 9.47 Å². The molecule has 3 unspecified atom stereocenters. The maximum absolute atomic E-state index is 13.9. The molecule has 1 aromatic carbocycles. The van der Waals surface area contributed by atoms with Gasteiger partial charge in [-0.25, -0.2) is 4.79 Å². The Hall–Kier alpha value is -2.90. The number of esters is 2. The molecule has 1 aromatic rings. The molecule has 0 spiro atoms. The number of hydrogen-bond acceptors (Lipinski definition) is 6. The minimum Gasteiger partial charge on any atom is -0.466 e. The summed E-state index contributed by atoms with van der Waals surface area (Å²) < 4.78 is 10.1. The molecule has 0 aliphatic heterocycles. The fourth-order valence-corrected chi connectivity index (χ4v) is 6.05. The molecule has 0 radical (unpaired) electrons. The Bertz CT molecular complexity index is 949. The van der Waals surface area contributed by atoms with E-state index in [-0.39, 0.29) is 37.9 Å². The summed E-state index contributed by atoms with van der Waals surface area (Å²) in [6.07, 6.45) is 4.75. The molecule has 2 aliphatic carbocycles. The maximum Gasteiger partial charge on any atom is 0.328 e. The molecule has 5 atom stereocenters. The predicted molar refractivity (Wildman–Crippen MR) is 139 cm³/mol. The quantitative estimate of drug-likeness (QED) is 0.390. The van der Waals surface area contributed by atoms with Crippen molar-refractivity contribution in [1.82, 2.24) is 10.6 Å². The molecule has 2 fully saturated rings. The number of ether oxygens (including phenoxy) is 2. The number of fused-ring (bicyclic) bond motifs is 2. The van der Waals surface area contributed by atoms with E-state index in [1.54, 1.807) is 13.8 Å². The molecule has 2 bridgehead atoms. The van der Waals surface area contributed by atoms with E-state index < -0.39 is 35.3 Å². The van der Waals surface area contributed by atoms with E-state index in [0.717, 1.165) is 31.2 Å². The van der Waals surface area contributed by atoms with Gasteiger partial charge in [-0.2, -0.15) is 0 Å². The summed E-state index contributed by atoms with van der Waals surface area (Å²) in [5.74, 6) is -0.960. The highest BCUT2D eigenvalue weighted by atomic mass is 16.5. The van der Waals surface area contributed by atoms with E-state index in [2.05, 4.69) is 22.8 Å². The standard InChI is InChI=1S/C29H42N2O6/c1-5-36-24(32)15-14-23(27(34)37-6-2)30-26(33)25(19(3)4)31-28(35)29(17-20-10-8-7-9-11-20)18-21-12-13-22(29)16-21/h7-11,19,21-23,25H,5-6,12-18H2,1-4H3,(H,30,33)(H,31,35)/t21?,22?,23-,25+,29?/m1/s1. The number of nitrogens with one attached hydrogen (secondary N) is 2. The zero-order valence-corrected chi connectivity index (χ0v) is 22.6. The van der Waals surface area contributed by atoms with Crippen molar-refractivity contribution in [2.75, 3.05) is 13.2 Å². The fraction of sp³-hybridized carbons (Fsp3) is 0.655. The van der Waals surface area contributed by atoms with Crippen LogP contribution < -0.4 is 10.6 Å². The lowest BCUT2D eigenvalue weighted by molar-refractivity contribution is -0.149. The van der Waals surface area contributed by atoms with E-state index in [0.29, 0.717) is 18.3 Å². The van der Waals surface area contributed by atoms with Crippen LogP contribution in [0, 0.1) is 23.2 Å². The Balaban J connectivity index is 1.75. The molecule has 2 N–H and O–H groups in total. The van der Waals surface area contributed by atoms with Gasteiger partial charge in [0.05, 0.1) is 18.6 Å². The summed E-state index contributed by atoms with van der Waals surface area (Å²) in [7, 11) is 0. The molecule has 0 aromatic heterocycles. The van der Waals surface area contributed by atoms with Crippen molar-refractivity contribution in [3.05, 3.63) is 35.9 Å². The van der Waals surface area contributed by atoms with Crippen molar-refractivity contribution in [3.8, 4) is 0 Å². The number of rotatable bonds is 13. The maximum atomic E-state index is 13.9. The van der Waals surface area contributed by atoms with Crippen LogP contribution in [0.4, 0.5) is 0 Å². The van der Waals surface area contributed by atoms with Gasteiger partial charge in [-0.05, 0) is 69.3 Å². The second-order valence-electron chi connectivity index (χ2n) is 10.8. The Labute approximate surface area is 220 Å². The summed E-state index contributed by atoms with van der Waals surface area (Å²) >= 11 is 0. The van der Waals surface area contributed by atoms with Crippen LogP contribution in [-0.4, -0.2) is 49.1 Å². The third-order valence-corrected chi connectivity index (χ3v) is 7.86. The van der Waals surface area contributed by atoms with Gasteiger partial charge in [0, 0.05) is 6.42 Å². The minimum atomic E-state index is -1.00. The molecule has 0 saturated heterocycles. The molecular formula is C29H42N2O6. The van der Waals surface area contributed by atoms with Gasteiger partial charge in [0.1, 0.15) is 12.1 Å². The monoisotopic (exact) mass is 514 g/mol. The number of carbonyl (C=O) groups is 4. The van der Waals surface area contributed by atoms with Crippen molar-refractivity contribution >= 4 is 23.8 Å². The number of amides is 2. The smallest absolute Gasteiger partial charge is 0.328 e. The van der Waals surface area contributed by atoms with Crippen molar-refractivity contribution < 1.29 is 28.7 Å². The molecule has 204 valence electrons. The summed E-state index contributed by atoms with van der Waals surface area (Å²) in [5, 5.41) is 5.81. The van der Waals surface area contributed by atoms with Gasteiger partial charge in [-0.15, -0.1) is 0 Å². The highest BCUT2D eigenvalue weighted by Gasteiger charge is 2.55. The lowest BCUT2D eigenvalue weighted by atomic mass is 9.68. The first-order valence-corrected chi connectivity index (χ1v) is 13.7. The number of hydrogen-bond donors (Lipinski definition) is 2. The molecule has 3 rings (SSSR count). The lowest BCUT2D eigenvalue weighted by Crippen LogP contribution is -2.57. The van der Waals surface area contributed by atoms with Crippen LogP contribution >= 0.6 is 0 Å². The fourth-order valence-electron chi connectivity index (χ4n) is 6.05. The van der Waals surface area contributed by atoms with Crippen molar-refractivity contribution in [2.24, 2.45) is 23.2 Å². The molecule has 0 heterocycles. The Morgan fingerprint density at radius 3 is 2.27 bits per heavy atom. The minimum absolute atomic E-state index is 0.0282. The number of carbonyl (C=O) groups excluding carboxylic acids is 4. The van der Waals surface area contributed by atoms with Crippen LogP contribution in [-0.2, 0) is 35.1 Å². The highest BCUT2D eigenvalue weighted by Crippen LogP contribution is 2.57. The molecular weight excluding hydrogens is 472 g/mol. The first kappa shape index (κ1) is 28.7. The predicted octanol–water partition coefficient (Wildman–Crippen LogP) is 3.57. The van der Waals surface area contributed by atoms with Gasteiger partial charge < -0.3 is 20.1 Å². The van der Waals surface area contributed by atoms with Crippen molar-refractivity contribution in [2.45, 2.75) is 84.7 Å². The van der Waals surface area contributed by atoms with Crippen molar-refractivity contribution in [1.29, 1.82) is 0 Å². The molecule has 2 saturated carbocycles. The van der Waals surface area contributed by atoms with Crippen LogP contribution in [0.1, 0.15) is 71.8 Å². The second kappa shape index (κ2) is 13.1. The third-order valence-electron chi connectivity index (χ3n) is 7.86. The average molecular weight is 515 g/mol. The van der Waals surface area contributed by atoms with Gasteiger partial charge in [-0.3, -0.25) is 14.4 Å². The molecule has 8 nitrogen and oxygen atoms in total. The average Bonchev–Trinajstić information content (AvgIpc) is 3.47. The SMILES string of the molecule is CCOC(=O)CC[C@@H](NC(=O)[C@@H](NC(=O)C1(Cc2ccccc2)CC2CCC1C2)C(C)C)C(=O)OCC.